The minimum absolute atomic E-state index is 0.0528. The normalized spacial score (nSPS) is 19.0. The van der Waals surface area contributed by atoms with Gasteiger partial charge in [-0.3, -0.25) is 4.79 Å². The lowest BCUT2D eigenvalue weighted by atomic mass is 9.67. The molecule has 0 heterocycles. The molecule has 1 aliphatic rings. The molecule has 1 fully saturated rings. The second-order valence-corrected chi connectivity index (χ2v) is 7.27. The largest absolute Gasteiger partial charge is 0.481 e. The van der Waals surface area contributed by atoms with E-state index in [4.69, 9.17) is 5.11 Å². The Morgan fingerprint density at radius 3 is 2.35 bits per heavy atom. The van der Waals surface area contributed by atoms with Crippen LogP contribution in [0, 0.1) is 11.3 Å². The van der Waals surface area contributed by atoms with Crippen LogP contribution in [0.5, 0.6) is 0 Å². The minimum Gasteiger partial charge on any atom is -0.481 e. The summed E-state index contributed by atoms with van der Waals surface area (Å²) >= 11 is 0. The molecular formula is C11H21NO4S. The van der Waals surface area contributed by atoms with Crippen LogP contribution in [-0.4, -0.2) is 31.8 Å². The Labute approximate surface area is 103 Å². The third-order valence-corrected chi connectivity index (χ3v) is 4.85. The van der Waals surface area contributed by atoms with Crippen LogP contribution in [0.2, 0.25) is 0 Å². The molecule has 0 bridgehead atoms. The average molecular weight is 263 g/mol. The molecule has 0 radical (unpaired) electrons. The molecule has 17 heavy (non-hydrogen) atoms. The Balaban J connectivity index is 2.51. The molecule has 0 spiro atoms. The van der Waals surface area contributed by atoms with Crippen molar-refractivity contribution in [3.05, 3.63) is 0 Å². The first-order valence-electron chi connectivity index (χ1n) is 5.94. The Morgan fingerprint density at radius 2 is 2.00 bits per heavy atom. The Hall–Kier alpha value is -0.620. The molecule has 0 unspecified atom stereocenters. The predicted octanol–water partition coefficient (Wildman–Crippen LogP) is 1.21. The Kier molecular flexibility index (Phi) is 4.55. The monoisotopic (exact) mass is 263 g/mol. The number of carbonyl (C=O) groups is 1. The molecule has 0 aromatic rings. The van der Waals surface area contributed by atoms with E-state index >= 15 is 0 Å². The zero-order valence-electron chi connectivity index (χ0n) is 10.4. The van der Waals surface area contributed by atoms with Crippen LogP contribution >= 0.6 is 0 Å². The summed E-state index contributed by atoms with van der Waals surface area (Å²) in [5, 5.41) is 8.81. The van der Waals surface area contributed by atoms with Gasteiger partial charge in [-0.25, -0.2) is 13.1 Å². The van der Waals surface area contributed by atoms with E-state index in [2.05, 4.69) is 4.72 Å². The highest BCUT2D eigenvalue weighted by Gasteiger charge is 2.39. The molecule has 0 saturated heterocycles. The fourth-order valence-electron chi connectivity index (χ4n) is 2.17. The summed E-state index contributed by atoms with van der Waals surface area (Å²) in [5.41, 5.74) is -0.351. The summed E-state index contributed by atoms with van der Waals surface area (Å²) in [5.74, 6) is -0.687. The van der Waals surface area contributed by atoms with Gasteiger partial charge < -0.3 is 5.11 Å². The van der Waals surface area contributed by atoms with Crippen molar-refractivity contribution in [2.75, 3.05) is 12.3 Å². The van der Waals surface area contributed by atoms with Gasteiger partial charge in [-0.15, -0.1) is 0 Å². The van der Waals surface area contributed by atoms with Crippen LogP contribution in [0.25, 0.3) is 0 Å². The van der Waals surface area contributed by atoms with Gasteiger partial charge in [-0.2, -0.15) is 0 Å². The van der Waals surface area contributed by atoms with Crippen LogP contribution in [0.1, 0.15) is 39.5 Å². The molecule has 2 N–H and O–H groups in total. The van der Waals surface area contributed by atoms with Crippen molar-refractivity contribution in [2.24, 2.45) is 11.3 Å². The van der Waals surface area contributed by atoms with Crippen molar-refractivity contribution in [1.82, 2.24) is 4.72 Å². The number of hydrogen-bond acceptors (Lipinski definition) is 3. The van der Waals surface area contributed by atoms with Crippen molar-refractivity contribution in [2.45, 2.75) is 39.5 Å². The van der Waals surface area contributed by atoms with Gasteiger partial charge >= 0.3 is 5.97 Å². The topological polar surface area (TPSA) is 83.5 Å². The number of aliphatic carboxylic acids is 1. The molecule has 0 atom stereocenters. The first-order chi connectivity index (χ1) is 7.75. The van der Waals surface area contributed by atoms with Crippen molar-refractivity contribution in [3.63, 3.8) is 0 Å². The van der Waals surface area contributed by atoms with E-state index in [0.29, 0.717) is 0 Å². The van der Waals surface area contributed by atoms with Crippen molar-refractivity contribution in [3.8, 4) is 0 Å². The summed E-state index contributed by atoms with van der Waals surface area (Å²) in [6.07, 6.45) is 2.63. The van der Waals surface area contributed by atoms with Gasteiger partial charge in [0.25, 0.3) is 0 Å². The van der Waals surface area contributed by atoms with E-state index in [0.717, 1.165) is 19.3 Å². The molecule has 0 amide bonds. The zero-order chi connectivity index (χ0) is 13.1. The molecule has 1 saturated carbocycles. The molecular weight excluding hydrogens is 242 g/mol. The lowest BCUT2D eigenvalue weighted by molar-refractivity contribution is -0.141. The molecule has 1 aliphatic carbocycles. The summed E-state index contributed by atoms with van der Waals surface area (Å²) < 4.78 is 25.9. The third-order valence-electron chi connectivity index (χ3n) is 3.16. The van der Waals surface area contributed by atoms with Gasteiger partial charge in [-0.05, 0) is 24.2 Å². The molecule has 6 heteroatoms. The lowest BCUT2D eigenvalue weighted by Gasteiger charge is -2.40. The van der Waals surface area contributed by atoms with Gasteiger partial charge in [0.05, 0.1) is 12.2 Å². The minimum atomic E-state index is -3.27. The van der Waals surface area contributed by atoms with Crippen LogP contribution in [0.3, 0.4) is 0 Å². The Bertz CT molecular complexity index is 371. The highest BCUT2D eigenvalue weighted by Crippen LogP contribution is 2.43. The van der Waals surface area contributed by atoms with E-state index < -0.39 is 16.0 Å². The predicted molar refractivity (Wildman–Crippen MR) is 65.2 cm³/mol. The Morgan fingerprint density at radius 1 is 1.41 bits per heavy atom. The maximum atomic E-state index is 11.7. The van der Waals surface area contributed by atoms with E-state index in [1.165, 1.54) is 0 Å². The fraction of sp³-hybridized carbons (Fsp3) is 0.909. The number of hydrogen-bond donors (Lipinski definition) is 2. The number of carboxylic acid groups (broad SMARTS) is 1. The second kappa shape index (κ2) is 5.35. The molecule has 0 aliphatic heterocycles. The van der Waals surface area contributed by atoms with Gasteiger partial charge in [0, 0.05) is 6.54 Å². The summed E-state index contributed by atoms with van der Waals surface area (Å²) in [4.78, 5) is 10.7. The quantitative estimate of drug-likeness (QED) is 0.723. The number of sulfonamides is 1. The van der Waals surface area contributed by atoms with Crippen molar-refractivity contribution < 1.29 is 18.3 Å². The standard InChI is InChI=1S/C11H21NO4S/c1-9(2)7-17(15,16)12-8-11(4-3-5-11)6-10(13)14/h9,12H,3-8H2,1-2H3,(H,13,14). The van der Waals surface area contributed by atoms with Crippen molar-refractivity contribution >= 4 is 16.0 Å². The third kappa shape index (κ3) is 4.63. The summed E-state index contributed by atoms with van der Waals surface area (Å²) in [7, 11) is -3.27. The van der Waals surface area contributed by atoms with E-state index in [-0.39, 0.29) is 30.1 Å². The van der Waals surface area contributed by atoms with E-state index in [1.807, 2.05) is 13.8 Å². The van der Waals surface area contributed by atoms with Gasteiger partial charge in [0.2, 0.25) is 10.0 Å². The zero-order valence-corrected chi connectivity index (χ0v) is 11.2. The van der Waals surface area contributed by atoms with Crippen LogP contribution < -0.4 is 4.72 Å². The maximum Gasteiger partial charge on any atom is 0.303 e. The molecule has 1 rings (SSSR count). The van der Waals surface area contributed by atoms with E-state index in [9.17, 15) is 13.2 Å². The first kappa shape index (κ1) is 14.4. The van der Waals surface area contributed by atoms with Crippen molar-refractivity contribution in [1.29, 1.82) is 0 Å². The van der Waals surface area contributed by atoms with Crippen LogP contribution in [0.4, 0.5) is 0 Å². The smallest absolute Gasteiger partial charge is 0.303 e. The SMILES string of the molecule is CC(C)CS(=O)(=O)NCC1(CC(=O)O)CCC1. The first-order valence-corrected chi connectivity index (χ1v) is 7.59. The number of nitrogens with one attached hydrogen (secondary N) is 1. The fourth-order valence-corrected chi connectivity index (χ4v) is 3.70. The van der Waals surface area contributed by atoms with Gasteiger partial charge in [0.15, 0.2) is 0 Å². The highest BCUT2D eigenvalue weighted by molar-refractivity contribution is 7.89. The molecule has 0 aromatic heterocycles. The van der Waals surface area contributed by atoms with Crippen LogP contribution in [0.15, 0.2) is 0 Å². The average Bonchev–Trinajstić information content (AvgIpc) is 2.06. The number of rotatable bonds is 7. The highest BCUT2D eigenvalue weighted by atomic mass is 32.2. The maximum absolute atomic E-state index is 11.7. The van der Waals surface area contributed by atoms with Gasteiger partial charge in [-0.1, -0.05) is 20.3 Å². The molecule has 0 aromatic carbocycles. The summed E-state index contributed by atoms with van der Waals surface area (Å²) in [6, 6.07) is 0. The molecule has 5 nitrogen and oxygen atoms in total. The van der Waals surface area contributed by atoms with E-state index in [1.54, 1.807) is 0 Å². The molecule has 100 valence electrons. The second-order valence-electron chi connectivity index (χ2n) is 5.42. The van der Waals surface area contributed by atoms with Crippen LogP contribution in [-0.2, 0) is 14.8 Å². The lowest BCUT2D eigenvalue weighted by Crippen LogP contribution is -2.44. The van der Waals surface area contributed by atoms with Gasteiger partial charge in [0.1, 0.15) is 0 Å². The summed E-state index contributed by atoms with van der Waals surface area (Å²) in [6.45, 7) is 3.94. The number of carboxylic acids is 1.